The highest BCUT2D eigenvalue weighted by Gasteiger charge is 2.17. The van der Waals surface area contributed by atoms with E-state index in [2.05, 4.69) is 51.1 Å². The molecule has 2 aromatic heterocycles. The van der Waals surface area contributed by atoms with Crippen molar-refractivity contribution in [1.82, 2.24) is 19.6 Å². The molecule has 0 atom stereocenters. The average Bonchev–Trinajstić information content (AvgIpc) is 3.26. The molecule has 1 aromatic carbocycles. The molecule has 5 heteroatoms. The first-order valence-electron chi connectivity index (χ1n) is 9.76. The lowest BCUT2D eigenvalue weighted by Gasteiger charge is -2.26. The van der Waals surface area contributed by atoms with E-state index in [0.717, 1.165) is 35.7 Å². The third kappa shape index (κ3) is 3.68. The second kappa shape index (κ2) is 7.62. The van der Waals surface area contributed by atoms with Crippen molar-refractivity contribution in [2.24, 2.45) is 13.0 Å². The van der Waals surface area contributed by atoms with Crippen LogP contribution >= 0.6 is 0 Å². The van der Waals surface area contributed by atoms with E-state index in [9.17, 15) is 0 Å². The van der Waals surface area contributed by atoms with Gasteiger partial charge < -0.3 is 14.0 Å². The normalized spacial score (nSPS) is 16.0. The second-order valence-electron chi connectivity index (χ2n) is 7.70. The molecule has 0 spiro atoms. The fourth-order valence-corrected chi connectivity index (χ4v) is 4.17. The van der Waals surface area contributed by atoms with Gasteiger partial charge in [0.1, 0.15) is 0 Å². The van der Waals surface area contributed by atoms with E-state index in [-0.39, 0.29) is 0 Å². The van der Waals surface area contributed by atoms with Crippen LogP contribution < -0.4 is 0 Å². The molecule has 1 aliphatic rings. The Balaban J connectivity index is 1.40. The lowest BCUT2D eigenvalue weighted by molar-refractivity contribution is 0.229. The predicted molar refractivity (Wildman–Crippen MR) is 104 cm³/mol. The van der Waals surface area contributed by atoms with E-state index in [1.165, 1.54) is 44.2 Å². The SMILES string of the molecule is CN(CCc1nc(-c2cn(C)c3ccccc23)no1)CC1CCCCC1. The second-order valence-corrected chi connectivity index (χ2v) is 7.70. The number of benzene rings is 1. The minimum absolute atomic E-state index is 0.687. The summed E-state index contributed by atoms with van der Waals surface area (Å²) in [5.41, 5.74) is 2.22. The maximum absolute atomic E-state index is 5.52. The van der Waals surface area contributed by atoms with Gasteiger partial charge in [0.2, 0.25) is 11.7 Å². The van der Waals surface area contributed by atoms with Crippen molar-refractivity contribution in [1.29, 1.82) is 0 Å². The molecule has 5 nitrogen and oxygen atoms in total. The summed E-state index contributed by atoms with van der Waals surface area (Å²) >= 11 is 0. The first kappa shape index (κ1) is 17.3. The average molecular weight is 352 g/mol. The van der Waals surface area contributed by atoms with Crippen molar-refractivity contribution < 1.29 is 4.52 Å². The number of aryl methyl sites for hydroxylation is 1. The van der Waals surface area contributed by atoms with Crippen LogP contribution in [-0.4, -0.2) is 39.7 Å². The first-order chi connectivity index (χ1) is 12.7. The number of likely N-dealkylation sites (N-methyl/N-ethyl adjacent to an activating group) is 1. The summed E-state index contributed by atoms with van der Waals surface area (Å²) in [5, 5.41) is 5.39. The van der Waals surface area contributed by atoms with Crippen molar-refractivity contribution in [2.45, 2.75) is 38.5 Å². The van der Waals surface area contributed by atoms with E-state index in [4.69, 9.17) is 4.52 Å². The Labute approximate surface area is 155 Å². The highest BCUT2D eigenvalue weighted by atomic mass is 16.5. The molecular weight excluding hydrogens is 324 g/mol. The Kier molecular flexibility index (Phi) is 5.07. The van der Waals surface area contributed by atoms with Gasteiger partial charge in [-0.25, -0.2) is 0 Å². The van der Waals surface area contributed by atoms with Crippen LogP contribution in [0.25, 0.3) is 22.3 Å². The molecule has 0 bridgehead atoms. The number of rotatable bonds is 6. The number of aromatic nitrogens is 3. The van der Waals surface area contributed by atoms with Crippen LogP contribution in [0.1, 0.15) is 38.0 Å². The lowest BCUT2D eigenvalue weighted by atomic mass is 9.89. The Morgan fingerprint density at radius 1 is 1.19 bits per heavy atom. The van der Waals surface area contributed by atoms with Crippen LogP contribution in [0.3, 0.4) is 0 Å². The van der Waals surface area contributed by atoms with Gasteiger partial charge in [0.15, 0.2) is 0 Å². The molecule has 0 saturated heterocycles. The van der Waals surface area contributed by atoms with Gasteiger partial charge >= 0.3 is 0 Å². The first-order valence-corrected chi connectivity index (χ1v) is 9.76. The number of hydrogen-bond acceptors (Lipinski definition) is 4. The van der Waals surface area contributed by atoms with Crippen molar-refractivity contribution in [3.05, 3.63) is 36.4 Å². The Morgan fingerprint density at radius 3 is 2.85 bits per heavy atom. The summed E-state index contributed by atoms with van der Waals surface area (Å²) in [6.45, 7) is 2.15. The fourth-order valence-electron chi connectivity index (χ4n) is 4.17. The van der Waals surface area contributed by atoms with Crippen LogP contribution in [0.2, 0.25) is 0 Å². The summed E-state index contributed by atoms with van der Waals surface area (Å²) in [7, 11) is 4.25. The van der Waals surface area contributed by atoms with Gasteiger partial charge in [0.25, 0.3) is 0 Å². The van der Waals surface area contributed by atoms with Crippen molar-refractivity contribution in [3.63, 3.8) is 0 Å². The number of hydrogen-bond donors (Lipinski definition) is 0. The highest BCUT2D eigenvalue weighted by molar-refractivity contribution is 5.94. The molecule has 0 N–H and O–H groups in total. The summed E-state index contributed by atoms with van der Waals surface area (Å²) in [4.78, 5) is 7.06. The molecule has 1 saturated carbocycles. The van der Waals surface area contributed by atoms with Gasteiger partial charge in [-0.05, 0) is 31.9 Å². The molecule has 0 amide bonds. The molecule has 3 aromatic rings. The lowest BCUT2D eigenvalue weighted by Crippen LogP contribution is -2.28. The molecule has 26 heavy (non-hydrogen) atoms. The van der Waals surface area contributed by atoms with Crippen LogP contribution in [0, 0.1) is 5.92 Å². The summed E-state index contributed by atoms with van der Waals surface area (Å²) in [6.07, 6.45) is 9.87. The van der Waals surface area contributed by atoms with Gasteiger partial charge in [0, 0.05) is 49.2 Å². The quantitative estimate of drug-likeness (QED) is 0.664. The third-order valence-electron chi connectivity index (χ3n) is 5.61. The van der Waals surface area contributed by atoms with Crippen molar-refractivity contribution in [2.75, 3.05) is 20.1 Å². The maximum atomic E-state index is 5.52. The van der Waals surface area contributed by atoms with Crippen molar-refractivity contribution >= 4 is 10.9 Å². The van der Waals surface area contributed by atoms with Gasteiger partial charge in [-0.3, -0.25) is 0 Å². The summed E-state index contributed by atoms with van der Waals surface area (Å²) in [6, 6.07) is 8.32. The van der Waals surface area contributed by atoms with Gasteiger partial charge in [-0.2, -0.15) is 4.98 Å². The van der Waals surface area contributed by atoms with Crippen LogP contribution in [0.15, 0.2) is 35.0 Å². The molecule has 2 heterocycles. The van der Waals surface area contributed by atoms with Crippen LogP contribution in [0.5, 0.6) is 0 Å². The zero-order valence-electron chi connectivity index (χ0n) is 15.8. The molecular formula is C21H28N4O. The minimum atomic E-state index is 0.687. The Bertz CT molecular complexity index is 860. The maximum Gasteiger partial charge on any atom is 0.228 e. The topological polar surface area (TPSA) is 47.1 Å². The largest absolute Gasteiger partial charge is 0.350 e. The Morgan fingerprint density at radius 2 is 2.00 bits per heavy atom. The van der Waals surface area contributed by atoms with E-state index in [1.807, 2.05) is 13.1 Å². The van der Waals surface area contributed by atoms with E-state index in [1.54, 1.807) is 0 Å². The fraction of sp³-hybridized carbons (Fsp3) is 0.524. The van der Waals surface area contributed by atoms with Gasteiger partial charge in [-0.15, -0.1) is 0 Å². The van der Waals surface area contributed by atoms with Crippen LogP contribution in [0.4, 0.5) is 0 Å². The zero-order chi connectivity index (χ0) is 17.9. The molecule has 138 valence electrons. The number of nitrogens with zero attached hydrogens (tertiary/aromatic N) is 4. The summed E-state index contributed by atoms with van der Waals surface area (Å²) in [5.74, 6) is 2.28. The molecule has 0 radical (unpaired) electrons. The Hall–Kier alpha value is -2.14. The molecule has 0 unspecified atom stereocenters. The number of fused-ring (bicyclic) bond motifs is 1. The van der Waals surface area contributed by atoms with Crippen molar-refractivity contribution in [3.8, 4) is 11.4 Å². The molecule has 0 aliphatic heterocycles. The third-order valence-corrected chi connectivity index (χ3v) is 5.61. The summed E-state index contributed by atoms with van der Waals surface area (Å²) < 4.78 is 7.63. The minimum Gasteiger partial charge on any atom is -0.350 e. The highest BCUT2D eigenvalue weighted by Crippen LogP contribution is 2.28. The van der Waals surface area contributed by atoms with E-state index in [0.29, 0.717) is 5.82 Å². The standard InChI is InChI=1S/C21H28N4O/c1-24(14-16-8-4-3-5-9-16)13-12-20-22-21(23-26-20)18-15-25(2)19-11-7-6-10-17(18)19/h6-7,10-11,15-16H,3-5,8-9,12-14H2,1-2H3. The van der Waals surface area contributed by atoms with E-state index < -0.39 is 0 Å². The van der Waals surface area contributed by atoms with Gasteiger partial charge in [-0.1, -0.05) is 42.6 Å². The molecule has 1 fully saturated rings. The van der Waals surface area contributed by atoms with E-state index >= 15 is 0 Å². The predicted octanol–water partition coefficient (Wildman–Crippen LogP) is 4.28. The van der Waals surface area contributed by atoms with Crippen LogP contribution in [-0.2, 0) is 13.5 Å². The molecule has 4 rings (SSSR count). The monoisotopic (exact) mass is 352 g/mol. The number of para-hydroxylation sites is 1. The molecule has 1 aliphatic carbocycles. The zero-order valence-corrected chi connectivity index (χ0v) is 15.8. The van der Waals surface area contributed by atoms with Gasteiger partial charge in [0.05, 0.1) is 0 Å². The smallest absolute Gasteiger partial charge is 0.228 e.